The quantitative estimate of drug-likeness (QED) is 0.819. The van der Waals surface area contributed by atoms with Crippen LogP contribution in [0.3, 0.4) is 0 Å². The summed E-state index contributed by atoms with van der Waals surface area (Å²) in [5, 5.41) is 3.64. The zero-order valence-electron chi connectivity index (χ0n) is 11.3. The van der Waals surface area contributed by atoms with Crippen molar-refractivity contribution in [1.29, 1.82) is 0 Å². The molecule has 2 rings (SSSR count). The molecular weight excluding hydrogens is 277 g/mol. The fourth-order valence-electron chi connectivity index (χ4n) is 1.86. The van der Waals surface area contributed by atoms with Crippen LogP contribution in [0.2, 0.25) is 5.02 Å². The van der Waals surface area contributed by atoms with Gasteiger partial charge in [-0.3, -0.25) is 0 Å². The highest BCUT2D eigenvalue weighted by Crippen LogP contribution is 2.25. The third-order valence-corrected chi connectivity index (χ3v) is 2.97. The van der Waals surface area contributed by atoms with Gasteiger partial charge in [-0.25, -0.2) is 4.39 Å². The van der Waals surface area contributed by atoms with Crippen molar-refractivity contribution in [3.8, 4) is 5.75 Å². The predicted octanol–water partition coefficient (Wildman–Crippen LogP) is 4.88. The fraction of sp³-hybridized carbons (Fsp3) is 0.250. The zero-order chi connectivity index (χ0) is 14.4. The van der Waals surface area contributed by atoms with E-state index in [0.29, 0.717) is 18.2 Å². The van der Waals surface area contributed by atoms with Crippen molar-refractivity contribution in [3.63, 3.8) is 0 Å². The van der Waals surface area contributed by atoms with E-state index in [9.17, 15) is 4.39 Å². The normalized spacial score (nSPS) is 10.3. The lowest BCUT2D eigenvalue weighted by molar-refractivity contribution is 0.319. The molecule has 2 aromatic carbocycles. The molecule has 0 atom stereocenters. The van der Waals surface area contributed by atoms with Crippen LogP contribution in [0.5, 0.6) is 5.75 Å². The van der Waals surface area contributed by atoms with Gasteiger partial charge < -0.3 is 10.1 Å². The number of benzene rings is 2. The van der Waals surface area contributed by atoms with Crippen molar-refractivity contribution in [2.75, 3.05) is 11.9 Å². The first kappa shape index (κ1) is 14.7. The number of hydrogen-bond acceptors (Lipinski definition) is 2. The van der Waals surface area contributed by atoms with E-state index >= 15 is 0 Å². The molecule has 0 aliphatic rings. The summed E-state index contributed by atoms with van der Waals surface area (Å²) in [5.74, 6) is 0.474. The summed E-state index contributed by atoms with van der Waals surface area (Å²) >= 11 is 5.84. The smallest absolute Gasteiger partial charge is 0.142 e. The molecule has 0 aliphatic carbocycles. The van der Waals surface area contributed by atoms with Gasteiger partial charge in [-0.2, -0.15) is 0 Å². The van der Waals surface area contributed by atoms with E-state index in [0.717, 1.165) is 23.4 Å². The summed E-state index contributed by atoms with van der Waals surface area (Å²) in [4.78, 5) is 0. The van der Waals surface area contributed by atoms with Gasteiger partial charge in [-0.1, -0.05) is 30.7 Å². The van der Waals surface area contributed by atoms with Gasteiger partial charge in [-0.05, 0) is 42.3 Å². The Morgan fingerprint density at radius 1 is 1.20 bits per heavy atom. The van der Waals surface area contributed by atoms with Gasteiger partial charge in [0.15, 0.2) is 0 Å². The summed E-state index contributed by atoms with van der Waals surface area (Å²) < 4.78 is 18.9. The first-order chi connectivity index (χ1) is 9.69. The van der Waals surface area contributed by atoms with Crippen molar-refractivity contribution in [3.05, 3.63) is 58.9 Å². The summed E-state index contributed by atoms with van der Waals surface area (Å²) in [6.07, 6.45) is 0.952. The van der Waals surface area contributed by atoms with Crippen molar-refractivity contribution >= 4 is 17.3 Å². The van der Waals surface area contributed by atoms with Gasteiger partial charge in [0.05, 0.1) is 12.3 Å². The van der Waals surface area contributed by atoms with E-state index in [4.69, 9.17) is 16.3 Å². The molecule has 2 aromatic rings. The Hall–Kier alpha value is -1.74. The lowest BCUT2D eigenvalue weighted by Gasteiger charge is -2.13. The van der Waals surface area contributed by atoms with Gasteiger partial charge >= 0.3 is 0 Å². The average Bonchev–Trinajstić information content (AvgIpc) is 2.43. The molecule has 20 heavy (non-hydrogen) atoms. The number of hydrogen-bond donors (Lipinski definition) is 1. The number of para-hydroxylation sites is 2. The zero-order valence-corrected chi connectivity index (χ0v) is 12.1. The summed E-state index contributed by atoms with van der Waals surface area (Å²) in [5.41, 5.74) is 1.68. The first-order valence-electron chi connectivity index (χ1n) is 6.59. The maximum atomic E-state index is 13.3. The highest BCUT2D eigenvalue weighted by molar-refractivity contribution is 6.30. The number of ether oxygens (including phenoxy) is 1. The highest BCUT2D eigenvalue weighted by atomic mass is 35.5. The molecule has 0 spiro atoms. The predicted molar refractivity (Wildman–Crippen MR) is 81.0 cm³/mol. The highest BCUT2D eigenvalue weighted by Gasteiger charge is 2.04. The lowest BCUT2D eigenvalue weighted by atomic mass is 10.2. The van der Waals surface area contributed by atoms with E-state index < -0.39 is 0 Å². The molecule has 106 valence electrons. The number of nitrogens with one attached hydrogen (secondary N) is 1. The maximum Gasteiger partial charge on any atom is 0.142 e. The molecule has 2 nitrogen and oxygen atoms in total. The van der Waals surface area contributed by atoms with Crippen molar-refractivity contribution in [1.82, 2.24) is 0 Å². The number of anilines is 1. The Morgan fingerprint density at radius 2 is 2.00 bits per heavy atom. The van der Waals surface area contributed by atoms with Crippen LogP contribution in [0.1, 0.15) is 18.9 Å². The molecule has 0 fully saturated rings. The molecule has 1 N–H and O–H groups in total. The van der Waals surface area contributed by atoms with Crippen molar-refractivity contribution < 1.29 is 9.13 Å². The van der Waals surface area contributed by atoms with Crippen LogP contribution in [0.4, 0.5) is 10.1 Å². The summed E-state index contributed by atoms with van der Waals surface area (Å²) in [6, 6.07) is 12.2. The molecule has 0 aliphatic heterocycles. The van der Waals surface area contributed by atoms with Crippen LogP contribution >= 0.6 is 11.6 Å². The molecule has 0 amide bonds. The summed E-state index contributed by atoms with van der Waals surface area (Å²) in [7, 11) is 0. The third-order valence-electron chi connectivity index (χ3n) is 2.75. The SMILES string of the molecule is CCCOc1ccccc1NCc1cc(F)cc(Cl)c1. The first-order valence-corrected chi connectivity index (χ1v) is 6.97. The van der Waals surface area contributed by atoms with Crippen molar-refractivity contribution in [2.45, 2.75) is 19.9 Å². The van der Waals surface area contributed by atoms with Gasteiger partial charge in [-0.15, -0.1) is 0 Å². The molecule has 0 radical (unpaired) electrons. The Balaban J connectivity index is 2.06. The number of rotatable bonds is 6. The second kappa shape index (κ2) is 7.15. The van der Waals surface area contributed by atoms with E-state index in [1.54, 1.807) is 6.07 Å². The maximum absolute atomic E-state index is 13.3. The second-order valence-electron chi connectivity index (χ2n) is 4.48. The third kappa shape index (κ3) is 4.14. The van der Waals surface area contributed by atoms with Crippen LogP contribution in [-0.4, -0.2) is 6.61 Å². The molecule has 4 heteroatoms. The van der Waals surface area contributed by atoms with Crippen LogP contribution in [-0.2, 0) is 6.54 Å². The largest absolute Gasteiger partial charge is 0.491 e. The molecule has 0 bridgehead atoms. The monoisotopic (exact) mass is 293 g/mol. The van der Waals surface area contributed by atoms with Gasteiger partial charge in [0.25, 0.3) is 0 Å². The van der Waals surface area contributed by atoms with Gasteiger partial charge in [0, 0.05) is 11.6 Å². The van der Waals surface area contributed by atoms with Crippen LogP contribution < -0.4 is 10.1 Å². The van der Waals surface area contributed by atoms with E-state index in [-0.39, 0.29) is 5.82 Å². The molecular formula is C16H17ClFNO. The Bertz CT molecular complexity index is 554. The Kier molecular flexibility index (Phi) is 5.24. The van der Waals surface area contributed by atoms with Crippen LogP contribution in [0.25, 0.3) is 0 Å². The van der Waals surface area contributed by atoms with Crippen molar-refractivity contribution in [2.24, 2.45) is 0 Å². The minimum atomic E-state index is -0.329. The van der Waals surface area contributed by atoms with Crippen LogP contribution in [0, 0.1) is 5.82 Å². The minimum absolute atomic E-state index is 0.329. The van der Waals surface area contributed by atoms with E-state index in [1.165, 1.54) is 12.1 Å². The fourth-order valence-corrected chi connectivity index (χ4v) is 2.11. The molecule has 0 unspecified atom stereocenters. The van der Waals surface area contributed by atoms with Gasteiger partial charge in [0.1, 0.15) is 11.6 Å². The molecule has 0 saturated carbocycles. The second-order valence-corrected chi connectivity index (χ2v) is 4.91. The van der Waals surface area contributed by atoms with Gasteiger partial charge in [0.2, 0.25) is 0 Å². The van der Waals surface area contributed by atoms with E-state index in [2.05, 4.69) is 12.2 Å². The Morgan fingerprint density at radius 3 is 2.75 bits per heavy atom. The van der Waals surface area contributed by atoms with Crippen LogP contribution in [0.15, 0.2) is 42.5 Å². The lowest BCUT2D eigenvalue weighted by Crippen LogP contribution is -2.03. The number of halogens is 2. The average molecular weight is 294 g/mol. The Labute approximate surface area is 123 Å². The minimum Gasteiger partial charge on any atom is -0.491 e. The van der Waals surface area contributed by atoms with E-state index in [1.807, 2.05) is 24.3 Å². The standard InChI is InChI=1S/C16H17ClFNO/c1-2-7-20-16-6-4-3-5-15(16)19-11-12-8-13(17)10-14(18)9-12/h3-6,8-10,19H,2,7,11H2,1H3. The molecule has 0 aromatic heterocycles. The summed E-state index contributed by atoms with van der Waals surface area (Å²) in [6.45, 7) is 3.22. The molecule has 0 heterocycles. The molecule has 0 saturated heterocycles. The topological polar surface area (TPSA) is 21.3 Å².